The number of halogens is 2. The molecule has 1 aliphatic carbocycles. The number of furan rings is 1. The summed E-state index contributed by atoms with van der Waals surface area (Å²) in [4.78, 5) is 12.1. The normalized spacial score (nSPS) is 14.6. The molecular formula is C20H21Cl2NO4S. The molecule has 0 spiro atoms. The first-order valence-corrected chi connectivity index (χ1v) is 11.5. The molecule has 150 valence electrons. The van der Waals surface area contributed by atoms with Gasteiger partial charge >= 0.3 is 0 Å². The number of sulfone groups is 1. The molecule has 0 saturated carbocycles. The largest absolute Gasteiger partial charge is 0.455 e. The molecule has 3 rings (SSSR count). The molecule has 0 aliphatic heterocycles. The lowest BCUT2D eigenvalue weighted by Gasteiger charge is -2.12. The topological polar surface area (TPSA) is 76.4 Å². The molecule has 2 aromatic rings. The Morgan fingerprint density at radius 3 is 2.54 bits per heavy atom. The van der Waals surface area contributed by atoms with Gasteiger partial charge in [0.15, 0.2) is 15.6 Å². The summed E-state index contributed by atoms with van der Waals surface area (Å²) in [6.07, 6.45) is 7.68. The van der Waals surface area contributed by atoms with E-state index in [4.69, 9.17) is 27.6 Å². The van der Waals surface area contributed by atoms with Gasteiger partial charge in [-0.1, -0.05) is 40.9 Å². The zero-order chi connectivity index (χ0) is 20.1. The van der Waals surface area contributed by atoms with Gasteiger partial charge in [-0.05, 0) is 56.4 Å². The van der Waals surface area contributed by atoms with Crippen molar-refractivity contribution in [1.29, 1.82) is 0 Å². The molecule has 1 amide bonds. The van der Waals surface area contributed by atoms with E-state index in [2.05, 4.69) is 11.4 Å². The summed E-state index contributed by atoms with van der Waals surface area (Å²) in [5.41, 5.74) is 1.37. The number of rotatable bonds is 7. The van der Waals surface area contributed by atoms with Crippen LogP contribution in [0.1, 0.15) is 48.4 Å². The molecule has 0 fully saturated rings. The van der Waals surface area contributed by atoms with Gasteiger partial charge in [0.1, 0.15) is 16.4 Å². The lowest BCUT2D eigenvalue weighted by molar-refractivity contribution is 0.0925. The highest BCUT2D eigenvalue weighted by molar-refractivity contribution is 7.90. The predicted molar refractivity (Wildman–Crippen MR) is 110 cm³/mol. The minimum Gasteiger partial charge on any atom is -0.455 e. The van der Waals surface area contributed by atoms with E-state index < -0.39 is 15.6 Å². The number of hydrogen-bond acceptors (Lipinski definition) is 4. The summed E-state index contributed by atoms with van der Waals surface area (Å²) in [5.74, 6) is -0.573. The van der Waals surface area contributed by atoms with Crippen molar-refractivity contribution >= 4 is 38.9 Å². The highest BCUT2D eigenvalue weighted by atomic mass is 35.5. The molecule has 1 N–H and O–H groups in total. The maximum Gasteiger partial charge on any atom is 0.287 e. The maximum absolute atomic E-state index is 12.6. The Hall–Kier alpha value is -1.76. The molecule has 1 heterocycles. The van der Waals surface area contributed by atoms with Crippen molar-refractivity contribution in [3.8, 4) is 0 Å². The molecule has 0 atom stereocenters. The summed E-state index contributed by atoms with van der Waals surface area (Å²) in [6, 6.07) is 7.43. The van der Waals surface area contributed by atoms with Crippen LogP contribution in [0.25, 0.3) is 0 Å². The molecule has 8 heteroatoms. The van der Waals surface area contributed by atoms with Crippen LogP contribution < -0.4 is 5.32 Å². The van der Waals surface area contributed by atoms with E-state index in [-0.39, 0.29) is 32.4 Å². The molecule has 28 heavy (non-hydrogen) atoms. The Balaban J connectivity index is 1.61. The van der Waals surface area contributed by atoms with Gasteiger partial charge in [-0.25, -0.2) is 8.42 Å². The third-order valence-electron chi connectivity index (χ3n) is 4.56. The van der Waals surface area contributed by atoms with E-state index in [9.17, 15) is 13.2 Å². The van der Waals surface area contributed by atoms with Crippen molar-refractivity contribution in [2.75, 3.05) is 6.54 Å². The Labute approximate surface area is 174 Å². The molecule has 0 unspecified atom stereocenters. The van der Waals surface area contributed by atoms with Crippen molar-refractivity contribution < 1.29 is 17.6 Å². The smallest absolute Gasteiger partial charge is 0.287 e. The van der Waals surface area contributed by atoms with Crippen molar-refractivity contribution in [3.05, 3.63) is 63.5 Å². The van der Waals surface area contributed by atoms with E-state index in [1.54, 1.807) is 6.07 Å². The SMILES string of the molecule is O=C(NCCC1=CCCCC1)c1ccc(CS(=O)(=O)c2c(Cl)cccc2Cl)o1. The molecule has 1 aromatic carbocycles. The van der Waals surface area contributed by atoms with Crippen LogP contribution in [0.2, 0.25) is 10.0 Å². The first-order valence-electron chi connectivity index (χ1n) is 9.08. The van der Waals surface area contributed by atoms with E-state index in [1.807, 2.05) is 0 Å². The van der Waals surface area contributed by atoms with Crippen LogP contribution in [-0.4, -0.2) is 20.9 Å². The van der Waals surface area contributed by atoms with Crippen molar-refractivity contribution in [3.63, 3.8) is 0 Å². The first-order chi connectivity index (χ1) is 13.4. The van der Waals surface area contributed by atoms with Gasteiger partial charge in [0, 0.05) is 6.54 Å². The second-order valence-corrected chi connectivity index (χ2v) is 9.43. The third-order valence-corrected chi connectivity index (χ3v) is 7.14. The van der Waals surface area contributed by atoms with Crippen molar-refractivity contribution in [2.45, 2.75) is 42.8 Å². The van der Waals surface area contributed by atoms with Crippen LogP contribution in [0.4, 0.5) is 0 Å². The summed E-state index contributed by atoms with van der Waals surface area (Å²) >= 11 is 12.0. The zero-order valence-corrected chi connectivity index (χ0v) is 17.5. The number of carbonyl (C=O) groups is 1. The van der Waals surface area contributed by atoms with Crippen LogP contribution in [-0.2, 0) is 15.6 Å². The second kappa shape index (κ2) is 9.16. The molecule has 0 radical (unpaired) electrons. The van der Waals surface area contributed by atoms with E-state index in [1.165, 1.54) is 42.7 Å². The second-order valence-electron chi connectivity index (χ2n) is 6.69. The monoisotopic (exact) mass is 441 g/mol. The van der Waals surface area contributed by atoms with Gasteiger partial charge in [-0.15, -0.1) is 0 Å². The number of amides is 1. The molecular weight excluding hydrogens is 421 g/mol. The van der Waals surface area contributed by atoms with Crippen LogP contribution in [0.3, 0.4) is 0 Å². The fourth-order valence-electron chi connectivity index (χ4n) is 3.17. The molecule has 1 aliphatic rings. The molecule has 1 aromatic heterocycles. The Morgan fingerprint density at radius 1 is 1.11 bits per heavy atom. The van der Waals surface area contributed by atoms with Gasteiger partial charge in [-0.3, -0.25) is 4.79 Å². The quantitative estimate of drug-likeness (QED) is 0.600. The number of carbonyl (C=O) groups excluding carboxylic acids is 1. The standard InChI is InChI=1S/C20H21Cl2NO4S/c21-16-7-4-8-17(22)19(16)28(25,26)13-15-9-10-18(27-15)20(24)23-12-11-14-5-2-1-3-6-14/h4-5,7-10H,1-3,6,11-13H2,(H,23,24). The Bertz CT molecular complexity index is 975. The number of allylic oxidation sites excluding steroid dienone is 1. The Morgan fingerprint density at radius 2 is 1.86 bits per heavy atom. The number of hydrogen-bond donors (Lipinski definition) is 1. The molecule has 0 saturated heterocycles. The van der Waals surface area contributed by atoms with Gasteiger partial charge in [-0.2, -0.15) is 0 Å². The van der Waals surface area contributed by atoms with E-state index >= 15 is 0 Å². The fourth-order valence-corrected chi connectivity index (χ4v) is 5.68. The zero-order valence-electron chi connectivity index (χ0n) is 15.2. The number of nitrogens with one attached hydrogen (secondary N) is 1. The van der Waals surface area contributed by atoms with E-state index in [0.717, 1.165) is 19.3 Å². The third kappa shape index (κ3) is 5.19. The maximum atomic E-state index is 12.6. The van der Waals surface area contributed by atoms with Gasteiger partial charge in [0.2, 0.25) is 0 Å². The average Bonchev–Trinajstić information content (AvgIpc) is 3.10. The predicted octanol–water partition coefficient (Wildman–Crippen LogP) is 5.18. The number of benzene rings is 1. The summed E-state index contributed by atoms with van der Waals surface area (Å²) < 4.78 is 30.7. The highest BCUT2D eigenvalue weighted by Gasteiger charge is 2.24. The summed E-state index contributed by atoms with van der Waals surface area (Å²) in [6.45, 7) is 0.522. The average molecular weight is 442 g/mol. The van der Waals surface area contributed by atoms with Crippen LogP contribution in [0.5, 0.6) is 0 Å². The van der Waals surface area contributed by atoms with E-state index in [0.29, 0.717) is 6.54 Å². The lowest BCUT2D eigenvalue weighted by atomic mass is 9.97. The minimum absolute atomic E-state index is 0.0500. The molecule has 5 nitrogen and oxygen atoms in total. The highest BCUT2D eigenvalue weighted by Crippen LogP contribution is 2.31. The van der Waals surface area contributed by atoms with Crippen molar-refractivity contribution in [1.82, 2.24) is 5.32 Å². The molecule has 0 bridgehead atoms. The lowest BCUT2D eigenvalue weighted by Crippen LogP contribution is -2.24. The van der Waals surface area contributed by atoms with Gasteiger partial charge in [0.25, 0.3) is 5.91 Å². The minimum atomic E-state index is -3.82. The van der Waals surface area contributed by atoms with Crippen LogP contribution in [0, 0.1) is 0 Å². The summed E-state index contributed by atoms with van der Waals surface area (Å²) in [5, 5.41) is 2.91. The fraction of sp³-hybridized carbons (Fsp3) is 0.350. The van der Waals surface area contributed by atoms with Crippen LogP contribution in [0.15, 0.2) is 51.3 Å². The van der Waals surface area contributed by atoms with Crippen molar-refractivity contribution in [2.24, 2.45) is 0 Å². The first kappa shape index (κ1) is 21.0. The summed E-state index contributed by atoms with van der Waals surface area (Å²) in [7, 11) is -3.82. The van der Waals surface area contributed by atoms with Gasteiger partial charge < -0.3 is 9.73 Å². The van der Waals surface area contributed by atoms with Crippen LogP contribution >= 0.6 is 23.2 Å². The Kier molecular flexibility index (Phi) is 6.86. The van der Waals surface area contributed by atoms with Gasteiger partial charge in [0.05, 0.1) is 10.0 Å².